The maximum Gasteiger partial charge on any atom is 0.250 e. The maximum absolute atomic E-state index is 12.7. The standard InChI is InChI=1S/C37H37N9O2S/c1-46-17-15-29-27(21-46)34(40-20-24-11-6-3-7-12-24)44-35(41-29)37(28-14-8-13-26(32(38)47)31(28)45-49-37)36-42-30-22-48-18-16-25(30)33(43-36)39-19-23-9-4-2-5-10-23/h2-14,45H,15-22H2,1H3,(H2,38,47)(H,39,42,43)(H,40,41,44). The Morgan fingerprint density at radius 2 is 1.51 bits per heavy atom. The highest BCUT2D eigenvalue weighted by Gasteiger charge is 2.51. The van der Waals surface area contributed by atoms with Crippen LogP contribution in [0.4, 0.5) is 17.3 Å². The number of carbonyl (C=O) groups is 1. The summed E-state index contributed by atoms with van der Waals surface area (Å²) in [7, 11) is 2.12. The van der Waals surface area contributed by atoms with Crippen LogP contribution in [0.1, 0.15) is 61.2 Å². The lowest BCUT2D eigenvalue weighted by Gasteiger charge is -2.31. The van der Waals surface area contributed by atoms with Crippen LogP contribution in [-0.4, -0.2) is 50.9 Å². The molecule has 5 aromatic rings. The van der Waals surface area contributed by atoms with Crippen LogP contribution in [0, 0.1) is 0 Å². The topological polar surface area (TPSA) is 143 Å². The molecule has 12 heteroatoms. The number of likely N-dealkylation sites (N-methyl/N-ethyl adjacent to an activating group) is 1. The molecule has 0 saturated heterocycles. The Balaban J connectivity index is 1.32. The molecule has 1 atom stereocenters. The molecule has 5 heterocycles. The van der Waals surface area contributed by atoms with E-state index in [1.54, 1.807) is 6.07 Å². The number of nitrogens with one attached hydrogen (secondary N) is 3. The molecule has 2 aromatic heterocycles. The Hall–Kier alpha value is -5.04. The van der Waals surface area contributed by atoms with Crippen molar-refractivity contribution in [3.05, 3.63) is 135 Å². The number of benzene rings is 3. The first-order valence-corrected chi connectivity index (χ1v) is 17.3. The van der Waals surface area contributed by atoms with E-state index in [-0.39, 0.29) is 0 Å². The third-order valence-corrected chi connectivity index (χ3v) is 10.5. The second-order valence-electron chi connectivity index (χ2n) is 12.6. The summed E-state index contributed by atoms with van der Waals surface area (Å²) >= 11 is 1.39. The SMILES string of the molecule is CN1CCc2nc(C3(c4nc5c(c(NCc6ccccc6)n4)CCOC5)SNc4c(C(N)=O)cccc43)nc(NCc3ccccc3)c2C1. The van der Waals surface area contributed by atoms with Crippen LogP contribution < -0.4 is 21.1 Å². The minimum Gasteiger partial charge on any atom is -0.375 e. The number of aromatic nitrogens is 4. The number of ether oxygens (including phenoxy) is 1. The summed E-state index contributed by atoms with van der Waals surface area (Å²) in [6.07, 6.45) is 1.47. The molecule has 0 aliphatic carbocycles. The average molecular weight is 672 g/mol. The number of primary amides is 1. The fourth-order valence-electron chi connectivity index (χ4n) is 6.75. The van der Waals surface area contributed by atoms with Crippen LogP contribution in [0.5, 0.6) is 0 Å². The Kier molecular flexibility index (Phi) is 8.36. The molecule has 3 aliphatic rings. The molecule has 11 nitrogen and oxygen atoms in total. The molecule has 0 bridgehead atoms. The molecule has 1 amide bonds. The monoisotopic (exact) mass is 671 g/mol. The zero-order chi connectivity index (χ0) is 33.4. The highest BCUT2D eigenvalue weighted by molar-refractivity contribution is 8.02. The molecule has 49 heavy (non-hydrogen) atoms. The van der Waals surface area contributed by atoms with E-state index in [9.17, 15) is 4.79 Å². The van der Waals surface area contributed by atoms with Crippen LogP contribution in [0.2, 0.25) is 0 Å². The van der Waals surface area contributed by atoms with Gasteiger partial charge in [0.15, 0.2) is 16.4 Å². The lowest BCUT2D eigenvalue weighted by atomic mass is 9.91. The highest BCUT2D eigenvalue weighted by Crippen LogP contribution is 2.55. The van der Waals surface area contributed by atoms with Gasteiger partial charge in [-0.2, -0.15) is 0 Å². The first-order chi connectivity index (χ1) is 24.0. The van der Waals surface area contributed by atoms with Crippen LogP contribution in [0.25, 0.3) is 0 Å². The van der Waals surface area contributed by atoms with E-state index in [2.05, 4.69) is 51.6 Å². The summed E-state index contributed by atoms with van der Waals surface area (Å²) in [5, 5.41) is 7.25. The fourth-order valence-corrected chi connectivity index (χ4v) is 7.87. The molecular weight excluding hydrogens is 635 g/mol. The summed E-state index contributed by atoms with van der Waals surface area (Å²) in [5.74, 6) is 2.06. The largest absolute Gasteiger partial charge is 0.375 e. The summed E-state index contributed by atoms with van der Waals surface area (Å²) in [6, 6.07) is 26.1. The maximum atomic E-state index is 12.7. The van der Waals surface area contributed by atoms with Gasteiger partial charge in [-0.25, -0.2) is 19.9 Å². The fraction of sp³-hybridized carbons (Fsp3) is 0.270. The van der Waals surface area contributed by atoms with Crippen molar-refractivity contribution in [2.75, 3.05) is 35.6 Å². The van der Waals surface area contributed by atoms with Gasteiger partial charge in [0.05, 0.1) is 35.9 Å². The first kappa shape index (κ1) is 31.2. The van der Waals surface area contributed by atoms with Gasteiger partial charge in [0.2, 0.25) is 0 Å². The molecular formula is C37H37N9O2S. The number of anilines is 3. The van der Waals surface area contributed by atoms with E-state index in [0.717, 1.165) is 70.4 Å². The van der Waals surface area contributed by atoms with Gasteiger partial charge in [0, 0.05) is 55.7 Å². The smallest absolute Gasteiger partial charge is 0.250 e. The molecule has 5 N–H and O–H groups in total. The number of hydrogen-bond acceptors (Lipinski definition) is 11. The molecule has 0 fully saturated rings. The number of para-hydroxylation sites is 1. The number of nitrogens with two attached hydrogens (primary N) is 1. The zero-order valence-electron chi connectivity index (χ0n) is 27.2. The molecule has 3 aliphatic heterocycles. The van der Waals surface area contributed by atoms with Crippen LogP contribution in [-0.2, 0) is 48.6 Å². The second-order valence-corrected chi connectivity index (χ2v) is 13.6. The van der Waals surface area contributed by atoms with Crippen molar-refractivity contribution in [3.63, 3.8) is 0 Å². The van der Waals surface area contributed by atoms with E-state index in [1.807, 2.05) is 48.5 Å². The van der Waals surface area contributed by atoms with E-state index in [0.29, 0.717) is 55.6 Å². The molecule has 8 rings (SSSR count). The van der Waals surface area contributed by atoms with Gasteiger partial charge in [-0.15, -0.1) is 0 Å². The first-order valence-electron chi connectivity index (χ1n) is 16.5. The predicted octanol–water partition coefficient (Wildman–Crippen LogP) is 5.02. The number of rotatable bonds is 9. The Bertz CT molecular complexity index is 2030. The minimum atomic E-state index is -1.11. The zero-order valence-corrected chi connectivity index (χ0v) is 28.0. The minimum absolute atomic E-state index is 0.370. The van der Waals surface area contributed by atoms with Gasteiger partial charge in [-0.05, 0) is 36.2 Å². The quantitative estimate of drug-likeness (QED) is 0.157. The average Bonchev–Trinajstić information content (AvgIpc) is 3.54. The lowest BCUT2D eigenvalue weighted by Crippen LogP contribution is -2.34. The molecule has 1 unspecified atom stereocenters. The number of hydrogen-bond donors (Lipinski definition) is 4. The number of amides is 1. The van der Waals surface area contributed by atoms with Gasteiger partial charge in [-0.3, -0.25) is 4.79 Å². The van der Waals surface area contributed by atoms with E-state index >= 15 is 0 Å². The molecule has 0 saturated carbocycles. The van der Waals surface area contributed by atoms with Crippen molar-refractivity contribution >= 4 is 35.2 Å². The molecule has 3 aromatic carbocycles. The van der Waals surface area contributed by atoms with E-state index in [4.69, 9.17) is 30.4 Å². The van der Waals surface area contributed by atoms with Crippen LogP contribution >= 0.6 is 11.9 Å². The Morgan fingerprint density at radius 3 is 2.18 bits per heavy atom. The van der Waals surface area contributed by atoms with E-state index < -0.39 is 10.7 Å². The van der Waals surface area contributed by atoms with Gasteiger partial charge < -0.3 is 30.7 Å². The number of fused-ring (bicyclic) bond motifs is 3. The van der Waals surface area contributed by atoms with Gasteiger partial charge in [0.25, 0.3) is 5.91 Å². The summed E-state index contributed by atoms with van der Waals surface area (Å²) < 4.78 is 8.24. The summed E-state index contributed by atoms with van der Waals surface area (Å²) in [5.41, 5.74) is 13.9. The van der Waals surface area contributed by atoms with Gasteiger partial charge in [-0.1, -0.05) is 72.8 Å². The van der Waals surface area contributed by atoms with Crippen molar-refractivity contribution < 1.29 is 9.53 Å². The molecule has 0 radical (unpaired) electrons. The highest BCUT2D eigenvalue weighted by atomic mass is 32.2. The number of nitrogens with zero attached hydrogens (tertiary/aromatic N) is 5. The van der Waals surface area contributed by atoms with Crippen LogP contribution in [0.15, 0.2) is 78.9 Å². The molecule has 0 spiro atoms. The normalized spacial score (nSPS) is 18.1. The van der Waals surface area contributed by atoms with Crippen molar-refractivity contribution in [2.45, 2.75) is 43.8 Å². The van der Waals surface area contributed by atoms with Crippen molar-refractivity contribution in [1.29, 1.82) is 0 Å². The number of carbonyl (C=O) groups excluding carboxylic acids is 1. The van der Waals surface area contributed by atoms with Gasteiger partial charge >= 0.3 is 0 Å². The third kappa shape index (κ3) is 5.85. The lowest BCUT2D eigenvalue weighted by molar-refractivity contribution is 0.100. The summed E-state index contributed by atoms with van der Waals surface area (Å²) in [4.78, 5) is 36.1. The van der Waals surface area contributed by atoms with Gasteiger partial charge in [0.1, 0.15) is 11.6 Å². The van der Waals surface area contributed by atoms with Crippen LogP contribution in [0.3, 0.4) is 0 Å². The van der Waals surface area contributed by atoms with Crippen molar-refractivity contribution in [1.82, 2.24) is 24.8 Å². The molecule has 248 valence electrons. The Labute approximate surface area is 289 Å². The van der Waals surface area contributed by atoms with Crippen molar-refractivity contribution in [3.8, 4) is 0 Å². The Morgan fingerprint density at radius 1 is 0.857 bits per heavy atom. The van der Waals surface area contributed by atoms with Crippen molar-refractivity contribution in [2.24, 2.45) is 5.73 Å². The van der Waals surface area contributed by atoms with E-state index in [1.165, 1.54) is 11.9 Å². The summed E-state index contributed by atoms with van der Waals surface area (Å²) in [6.45, 7) is 3.78. The predicted molar refractivity (Wildman–Crippen MR) is 191 cm³/mol. The third-order valence-electron chi connectivity index (χ3n) is 9.33. The second kappa shape index (κ2) is 13.1.